The molecule has 500 valence electrons. The maximum absolute atomic E-state index is 2.56. The van der Waals surface area contributed by atoms with Crippen LogP contribution in [0.1, 0.15) is 415 Å². The first kappa shape index (κ1) is 70.3. The van der Waals surface area contributed by atoms with Crippen molar-refractivity contribution in [1.82, 2.24) is 0 Å². The van der Waals surface area contributed by atoms with E-state index in [-0.39, 0.29) is 0 Å². The van der Waals surface area contributed by atoms with Crippen molar-refractivity contribution < 1.29 is 0 Å². The predicted molar refractivity (Wildman–Crippen MR) is 379 cm³/mol. The first-order valence-electron chi connectivity index (χ1n) is 39.6. The van der Waals surface area contributed by atoms with E-state index in [0.29, 0.717) is 48.7 Å². The molecule has 0 saturated heterocycles. The Bertz CT molecular complexity index is 2060. The summed E-state index contributed by atoms with van der Waals surface area (Å²) in [6.45, 7) is 51.8. The number of hydrogen-bond acceptors (Lipinski definition) is 0. The van der Waals surface area contributed by atoms with Crippen LogP contribution in [0.3, 0.4) is 0 Å². The second-order valence-corrected chi connectivity index (χ2v) is 44.2. The first-order chi connectivity index (χ1) is 39.6. The van der Waals surface area contributed by atoms with Crippen molar-refractivity contribution in [2.45, 2.75) is 415 Å². The Morgan fingerprint density at radius 1 is 0.256 bits per heavy atom. The summed E-state index contributed by atoms with van der Waals surface area (Å²) < 4.78 is 0. The molecule has 86 heavy (non-hydrogen) atoms. The zero-order valence-corrected chi connectivity index (χ0v) is 62.9. The van der Waals surface area contributed by atoms with Gasteiger partial charge in [-0.2, -0.15) is 0 Å². The molecule has 6 spiro atoms. The van der Waals surface area contributed by atoms with Gasteiger partial charge in [-0.1, -0.05) is 184 Å². The minimum absolute atomic E-state index is 0.420. The largest absolute Gasteiger partial charge is 0.0599 e. The number of rotatable bonds is 0. The topological polar surface area (TPSA) is 0 Å². The molecular weight excluding hydrogens is 1030 g/mol. The lowest BCUT2D eigenvalue weighted by atomic mass is 9.43. The Kier molecular flexibility index (Phi) is 20.9. The average Bonchev–Trinajstić information content (AvgIpc) is 1.15. The summed E-state index contributed by atoms with van der Waals surface area (Å²) in [7, 11) is 0. The van der Waals surface area contributed by atoms with Gasteiger partial charge in [0.2, 0.25) is 0 Å². The van der Waals surface area contributed by atoms with Gasteiger partial charge in [0.15, 0.2) is 0 Å². The molecule has 14 saturated carbocycles. The van der Waals surface area contributed by atoms with Gasteiger partial charge in [-0.25, -0.2) is 0 Å². The fourth-order valence-electron chi connectivity index (χ4n) is 26.9. The van der Waals surface area contributed by atoms with E-state index in [0.717, 1.165) is 80.3 Å². The molecule has 4 bridgehead atoms. The third-order valence-corrected chi connectivity index (χ3v) is 31.6. The van der Waals surface area contributed by atoms with Crippen LogP contribution < -0.4 is 0 Å². The van der Waals surface area contributed by atoms with Crippen molar-refractivity contribution in [3.63, 3.8) is 0 Å². The molecule has 14 rings (SSSR count). The average molecular weight is 1190 g/mol. The highest BCUT2D eigenvalue weighted by molar-refractivity contribution is 5.09. The number of hydrogen-bond donors (Lipinski definition) is 0. The van der Waals surface area contributed by atoms with Gasteiger partial charge in [0, 0.05) is 0 Å². The van der Waals surface area contributed by atoms with Gasteiger partial charge >= 0.3 is 0 Å². The maximum atomic E-state index is 2.56. The molecule has 14 aliphatic rings. The van der Waals surface area contributed by atoms with Crippen molar-refractivity contribution in [1.29, 1.82) is 0 Å². The Morgan fingerprint density at radius 2 is 0.558 bits per heavy atom. The highest BCUT2D eigenvalue weighted by atomic mass is 14.6. The van der Waals surface area contributed by atoms with Crippen molar-refractivity contribution in [2.75, 3.05) is 0 Å². The molecule has 2 unspecified atom stereocenters. The smallest absolute Gasteiger partial charge is 0.0262 e. The van der Waals surface area contributed by atoms with Crippen LogP contribution in [0, 0.1) is 129 Å². The molecule has 0 aromatic heterocycles. The Hall–Kier alpha value is 0. The summed E-state index contributed by atoms with van der Waals surface area (Å²) in [5.74, 6) is 9.36. The predicted octanol–water partition coefficient (Wildman–Crippen LogP) is 28.3. The Morgan fingerprint density at radius 3 is 0.872 bits per heavy atom. The van der Waals surface area contributed by atoms with E-state index in [1.165, 1.54) is 148 Å². The fourth-order valence-corrected chi connectivity index (χ4v) is 26.9. The molecular formula is C86H156. The van der Waals surface area contributed by atoms with E-state index in [2.05, 4.69) is 145 Å². The molecule has 0 aromatic carbocycles. The van der Waals surface area contributed by atoms with Crippen LogP contribution in [0.4, 0.5) is 0 Å². The lowest BCUT2D eigenvalue weighted by Gasteiger charge is -2.62. The monoisotopic (exact) mass is 1190 g/mol. The van der Waals surface area contributed by atoms with Gasteiger partial charge in [-0.3, -0.25) is 0 Å². The second kappa shape index (κ2) is 25.6. The van der Waals surface area contributed by atoms with E-state index in [1.807, 2.05) is 0 Å². The maximum Gasteiger partial charge on any atom is -0.0262 e. The molecule has 0 N–H and O–H groups in total. The molecule has 0 nitrogen and oxygen atoms in total. The minimum Gasteiger partial charge on any atom is -0.0599 e. The minimum atomic E-state index is 0.420. The standard InChI is InChI=1S/C19H34.C19H36.C17H32.C16H28.C15H26/c1-17(2,3)16-6-10-19(11-7-16)14-12-18(13-15-19)8-4-5-9-18;1-16(2,3)15-17(4,5)13-19(14-18(15,6)7)11-9-8-10-12-19;1-15(2,3)14-6-8-17(9-7-14)12-10-16(4,5)11-13-17;1-15(2,3)13-6-8-16(9-7-13)11-12-4-5-14(16)10-12;1-14(2,3)12-4-6-15(7-5-12)10-11-8-13(15)9-11/h16H,4-15H2,1-3H3;15H,8-14H2,1-7H3;14H,6-13H2,1-5H3;12-14H,4-11H2,1-3H3;11-13H,4-10H2,1-3H3. The second-order valence-electron chi connectivity index (χ2n) is 44.2. The normalized spacial score (nSPS) is 36.9. The summed E-state index contributed by atoms with van der Waals surface area (Å²) in [4.78, 5) is 0. The molecule has 0 heteroatoms. The van der Waals surface area contributed by atoms with Crippen LogP contribution in [-0.2, 0) is 0 Å². The lowest BCUT2D eigenvalue weighted by Crippen LogP contribution is -2.53. The van der Waals surface area contributed by atoms with E-state index >= 15 is 0 Å². The van der Waals surface area contributed by atoms with Gasteiger partial charge in [-0.15, -0.1) is 0 Å². The van der Waals surface area contributed by atoms with Gasteiger partial charge in [0.05, 0.1) is 0 Å². The highest BCUT2D eigenvalue weighted by Crippen LogP contribution is 2.69. The summed E-state index contributed by atoms with van der Waals surface area (Å²) in [6.07, 6.45) is 64.4. The summed E-state index contributed by atoms with van der Waals surface area (Å²) in [6, 6.07) is 0. The van der Waals surface area contributed by atoms with E-state index in [1.54, 1.807) is 122 Å². The Balaban J connectivity index is 0.000000129. The SMILES string of the molecule is CC(C)(C)C1C(C)(C)CC2(CCCCC2)CC1(C)C.CC(C)(C)C1CCC2(CC1)CC1CC2C1.CC(C)(C)C1CCC2(CC1)CC1CCC2C1.CC(C)(C)C1CCC2(CC1)CCC1(CCCC1)CC2.CC1(C)CCC2(CCC(C(C)(C)C)CC2)CC1. The molecule has 0 aromatic rings. The quantitative estimate of drug-likeness (QED) is 0.227. The Labute approximate surface area is 541 Å². The summed E-state index contributed by atoms with van der Waals surface area (Å²) in [5.41, 5.74) is 8.95. The first-order valence-corrected chi connectivity index (χ1v) is 39.6. The van der Waals surface area contributed by atoms with Crippen molar-refractivity contribution in [3.8, 4) is 0 Å². The van der Waals surface area contributed by atoms with Gasteiger partial charge < -0.3 is 0 Å². The van der Waals surface area contributed by atoms with Crippen LogP contribution in [0.5, 0.6) is 0 Å². The van der Waals surface area contributed by atoms with Crippen molar-refractivity contribution >= 4 is 0 Å². The fraction of sp³-hybridized carbons (Fsp3) is 1.00. The summed E-state index contributed by atoms with van der Waals surface area (Å²) in [5, 5.41) is 0. The summed E-state index contributed by atoms with van der Waals surface area (Å²) >= 11 is 0. The lowest BCUT2D eigenvalue weighted by molar-refractivity contribution is -0.125. The van der Waals surface area contributed by atoms with Crippen LogP contribution in [0.25, 0.3) is 0 Å². The zero-order valence-electron chi connectivity index (χ0n) is 62.9. The van der Waals surface area contributed by atoms with Crippen LogP contribution in [0.15, 0.2) is 0 Å². The van der Waals surface area contributed by atoms with Gasteiger partial charge in [-0.05, 0) is 360 Å². The van der Waals surface area contributed by atoms with Crippen LogP contribution in [-0.4, -0.2) is 0 Å². The van der Waals surface area contributed by atoms with E-state index < -0.39 is 0 Å². The third-order valence-electron chi connectivity index (χ3n) is 31.6. The molecule has 0 radical (unpaired) electrons. The molecule has 2 atom stereocenters. The molecule has 0 aliphatic heterocycles. The molecule has 0 amide bonds. The molecule has 0 heterocycles. The molecule has 14 aliphatic carbocycles. The third kappa shape index (κ3) is 16.4. The van der Waals surface area contributed by atoms with Crippen molar-refractivity contribution in [3.05, 3.63) is 0 Å². The van der Waals surface area contributed by atoms with E-state index in [9.17, 15) is 0 Å². The zero-order chi connectivity index (χ0) is 62.9. The van der Waals surface area contributed by atoms with Crippen molar-refractivity contribution in [2.24, 2.45) is 129 Å². The van der Waals surface area contributed by atoms with E-state index in [4.69, 9.17) is 0 Å². The van der Waals surface area contributed by atoms with Crippen LogP contribution >= 0.6 is 0 Å². The van der Waals surface area contributed by atoms with Gasteiger partial charge in [0.1, 0.15) is 0 Å². The highest BCUT2D eigenvalue weighted by Gasteiger charge is 2.58. The van der Waals surface area contributed by atoms with Crippen LogP contribution in [0.2, 0.25) is 0 Å². The number of fused-ring (bicyclic) bond motifs is 3. The van der Waals surface area contributed by atoms with Gasteiger partial charge in [0.25, 0.3) is 0 Å². The molecule has 14 fully saturated rings.